The minimum atomic E-state index is -0.198. The summed E-state index contributed by atoms with van der Waals surface area (Å²) < 4.78 is 0. The highest BCUT2D eigenvalue weighted by Crippen LogP contribution is 2.60. The summed E-state index contributed by atoms with van der Waals surface area (Å²) in [7, 11) is 0. The molecule has 12 aromatic rings. The van der Waals surface area contributed by atoms with Crippen molar-refractivity contribution >= 4 is 77.2 Å². The van der Waals surface area contributed by atoms with Gasteiger partial charge in [-0.25, -0.2) is 0 Å². The van der Waals surface area contributed by atoms with Crippen LogP contribution in [-0.4, -0.2) is 0 Å². The largest absolute Gasteiger partial charge is 0.310 e. The molecule has 3 aliphatic carbocycles. The van der Waals surface area contributed by atoms with Gasteiger partial charge in [0.15, 0.2) is 0 Å². The fourth-order valence-electron chi connectivity index (χ4n) is 12.4. The Morgan fingerprint density at radius 1 is 0.261 bits per heavy atom. The molecule has 0 saturated heterocycles. The van der Waals surface area contributed by atoms with E-state index in [0.717, 1.165) is 22.7 Å². The molecule has 0 fully saturated rings. The van der Waals surface area contributed by atoms with Crippen molar-refractivity contribution in [2.75, 3.05) is 9.80 Å². The third-order valence-electron chi connectivity index (χ3n) is 15.6. The molecule has 3 aliphatic rings. The third kappa shape index (κ3) is 5.43. The van der Waals surface area contributed by atoms with Gasteiger partial charge in [-0.05, 0) is 184 Å². The van der Waals surface area contributed by atoms with Gasteiger partial charge in [-0.2, -0.15) is 0 Å². The smallest absolute Gasteiger partial charge is 0.0540 e. The summed E-state index contributed by atoms with van der Waals surface area (Å²) in [6.45, 7) is 4.86. The van der Waals surface area contributed by atoms with Crippen molar-refractivity contribution < 1.29 is 0 Å². The molecule has 0 bridgehead atoms. The van der Waals surface area contributed by atoms with Gasteiger partial charge in [0.1, 0.15) is 0 Å². The van der Waals surface area contributed by atoms with Crippen LogP contribution in [0, 0.1) is 0 Å². The Bertz CT molecular complexity index is 3900. The van der Waals surface area contributed by atoms with Gasteiger partial charge in [0.25, 0.3) is 0 Å². The zero-order valence-corrected chi connectivity index (χ0v) is 38.3. The summed E-state index contributed by atoms with van der Waals surface area (Å²) in [4.78, 5) is 4.87. The van der Waals surface area contributed by atoms with Crippen LogP contribution in [-0.2, 0) is 5.41 Å². The maximum Gasteiger partial charge on any atom is 0.0540 e. The Morgan fingerprint density at radius 3 is 1.10 bits per heavy atom. The van der Waals surface area contributed by atoms with E-state index in [2.05, 4.69) is 254 Å². The normalized spacial score (nSPS) is 13.2. The van der Waals surface area contributed by atoms with Crippen molar-refractivity contribution in [2.24, 2.45) is 0 Å². The Balaban J connectivity index is 0.872. The molecule has 12 aromatic carbocycles. The summed E-state index contributed by atoms with van der Waals surface area (Å²) in [5.41, 5.74) is 22.8. The average Bonchev–Trinajstić information content (AvgIpc) is 3.97. The Hall–Kier alpha value is -8.72. The van der Waals surface area contributed by atoms with E-state index in [0.29, 0.717) is 0 Å². The maximum atomic E-state index is 2.54. The van der Waals surface area contributed by atoms with Crippen LogP contribution in [0.1, 0.15) is 25.0 Å². The average molecular weight is 877 g/mol. The van der Waals surface area contributed by atoms with Crippen molar-refractivity contribution in [3.63, 3.8) is 0 Å². The molecule has 0 aliphatic heterocycles. The molecule has 2 nitrogen and oxygen atoms in total. The van der Waals surface area contributed by atoms with Crippen LogP contribution >= 0.6 is 0 Å². The van der Waals surface area contributed by atoms with E-state index in [1.54, 1.807) is 0 Å². The highest BCUT2D eigenvalue weighted by atomic mass is 15.1. The van der Waals surface area contributed by atoms with Crippen molar-refractivity contribution in [3.8, 4) is 55.6 Å². The van der Waals surface area contributed by atoms with Crippen LogP contribution < -0.4 is 9.80 Å². The number of hydrogen-bond donors (Lipinski definition) is 0. The van der Waals surface area contributed by atoms with Gasteiger partial charge in [-0.15, -0.1) is 0 Å². The van der Waals surface area contributed by atoms with E-state index in [-0.39, 0.29) is 5.41 Å². The number of anilines is 6. The minimum Gasteiger partial charge on any atom is -0.310 e. The first kappa shape index (κ1) is 38.4. The number of hydrogen-bond acceptors (Lipinski definition) is 2. The van der Waals surface area contributed by atoms with Gasteiger partial charge in [0.2, 0.25) is 0 Å². The monoisotopic (exact) mass is 876 g/mol. The second-order valence-electron chi connectivity index (χ2n) is 19.6. The minimum absolute atomic E-state index is 0.198. The number of rotatable bonds is 6. The summed E-state index contributed by atoms with van der Waals surface area (Å²) in [5.74, 6) is 0. The van der Waals surface area contributed by atoms with Crippen molar-refractivity contribution in [1.29, 1.82) is 0 Å². The lowest BCUT2D eigenvalue weighted by atomic mass is 9.80. The van der Waals surface area contributed by atoms with Crippen LogP contribution in [0.4, 0.5) is 34.1 Å². The van der Waals surface area contributed by atoms with E-state index >= 15 is 0 Å². The molecular weight excluding hydrogens is 833 g/mol. The van der Waals surface area contributed by atoms with Gasteiger partial charge < -0.3 is 9.80 Å². The zero-order chi connectivity index (χ0) is 45.5. The second kappa shape index (κ2) is 14.2. The molecule has 0 radical (unpaired) electrons. The summed E-state index contributed by atoms with van der Waals surface area (Å²) in [6, 6.07) is 86.0. The molecule has 69 heavy (non-hydrogen) atoms. The van der Waals surface area contributed by atoms with E-state index in [1.165, 1.54) is 121 Å². The van der Waals surface area contributed by atoms with Gasteiger partial charge in [0.05, 0.1) is 11.4 Å². The second-order valence-corrected chi connectivity index (χ2v) is 19.6. The standard InChI is InChI=1S/C67H44N2/c1-67(2)61-39-57-51-31-33-63(68(45-19-5-3-6-20-45)47-29-27-41-15-9-11-17-43(41)35-47)53-25-13-23-49(65(51)53)55(57)37-59(61)60-38-56-50-24-14-26-54-64(34-32-52(66(50)54)58(56)40-62(60)67)69(46-21-7-4-8-22-46)48-30-28-42-16-10-12-18-44(42)36-48/h3-40H,1-2H3. The van der Waals surface area contributed by atoms with Crippen LogP contribution in [0.3, 0.4) is 0 Å². The SMILES string of the molecule is CC1(C)c2cc3c(cc2-c2cc4c(cc21)-c1ccc(N(c2ccccc2)c2ccc5ccccc5c2)c2cccc-4c12)-c1cccc2c(N(c4ccccc4)c4ccc5ccccc5c4)ccc-3c12. The van der Waals surface area contributed by atoms with E-state index in [4.69, 9.17) is 0 Å². The Morgan fingerprint density at radius 2 is 0.652 bits per heavy atom. The zero-order valence-electron chi connectivity index (χ0n) is 38.3. The number of benzene rings is 12. The predicted molar refractivity (Wildman–Crippen MR) is 292 cm³/mol. The lowest BCUT2D eigenvalue weighted by molar-refractivity contribution is 0.661. The predicted octanol–water partition coefficient (Wildman–Crippen LogP) is 18.8. The number of fused-ring (bicyclic) bond motifs is 11. The fourth-order valence-corrected chi connectivity index (χ4v) is 12.4. The molecule has 322 valence electrons. The van der Waals surface area contributed by atoms with Gasteiger partial charge in [0, 0.05) is 38.9 Å². The molecule has 0 spiro atoms. The fraction of sp³-hybridized carbons (Fsp3) is 0.0448. The number of nitrogens with zero attached hydrogens (tertiary/aromatic N) is 2. The molecule has 15 rings (SSSR count). The quantitative estimate of drug-likeness (QED) is 0.164. The maximum absolute atomic E-state index is 2.54. The van der Waals surface area contributed by atoms with Crippen LogP contribution in [0.2, 0.25) is 0 Å². The lowest BCUT2D eigenvalue weighted by Gasteiger charge is -2.27. The Kier molecular flexibility index (Phi) is 7.87. The lowest BCUT2D eigenvalue weighted by Crippen LogP contribution is -2.15. The number of para-hydroxylation sites is 2. The molecule has 0 saturated carbocycles. The third-order valence-corrected chi connectivity index (χ3v) is 15.6. The summed E-state index contributed by atoms with van der Waals surface area (Å²) in [5, 5.41) is 10.1. The van der Waals surface area contributed by atoms with Gasteiger partial charge in [-0.1, -0.05) is 159 Å². The molecule has 0 atom stereocenters. The molecule has 0 aromatic heterocycles. The Labute approximate surface area is 401 Å². The van der Waals surface area contributed by atoms with E-state index in [9.17, 15) is 0 Å². The molecule has 2 heteroatoms. The topological polar surface area (TPSA) is 6.48 Å². The van der Waals surface area contributed by atoms with E-state index < -0.39 is 0 Å². The highest BCUT2D eigenvalue weighted by molar-refractivity contribution is 6.22. The highest BCUT2D eigenvalue weighted by Gasteiger charge is 2.40. The van der Waals surface area contributed by atoms with E-state index in [1.807, 2.05) is 0 Å². The van der Waals surface area contributed by atoms with Crippen LogP contribution in [0.25, 0.3) is 98.7 Å². The molecule has 0 N–H and O–H groups in total. The van der Waals surface area contributed by atoms with Crippen molar-refractivity contribution in [3.05, 3.63) is 242 Å². The van der Waals surface area contributed by atoms with Crippen molar-refractivity contribution in [2.45, 2.75) is 19.3 Å². The first-order chi connectivity index (χ1) is 34.0. The van der Waals surface area contributed by atoms with Gasteiger partial charge >= 0.3 is 0 Å². The van der Waals surface area contributed by atoms with Crippen molar-refractivity contribution in [1.82, 2.24) is 0 Å². The van der Waals surface area contributed by atoms with Gasteiger partial charge in [-0.3, -0.25) is 0 Å². The summed E-state index contributed by atoms with van der Waals surface area (Å²) >= 11 is 0. The molecule has 0 unspecified atom stereocenters. The molecular formula is C67H44N2. The first-order valence-electron chi connectivity index (χ1n) is 24.2. The van der Waals surface area contributed by atoms with Crippen LogP contribution in [0.5, 0.6) is 0 Å². The molecule has 0 amide bonds. The summed E-state index contributed by atoms with van der Waals surface area (Å²) in [6.07, 6.45) is 0. The molecule has 0 heterocycles. The van der Waals surface area contributed by atoms with Crippen LogP contribution in [0.15, 0.2) is 231 Å². The first-order valence-corrected chi connectivity index (χ1v) is 24.2.